The summed E-state index contributed by atoms with van der Waals surface area (Å²) in [4.78, 5) is 54.0. The number of benzene rings is 2. The van der Waals surface area contributed by atoms with Crippen LogP contribution >= 0.6 is 0 Å². The molecule has 1 amide bonds. The maximum absolute atomic E-state index is 12.8. The molecule has 1 N–H and O–H groups in total. The Bertz CT molecular complexity index is 1300. The van der Waals surface area contributed by atoms with Gasteiger partial charge in [0.1, 0.15) is 5.82 Å². The molecule has 0 radical (unpaired) electrons. The van der Waals surface area contributed by atoms with Crippen LogP contribution in [0, 0.1) is 0 Å². The van der Waals surface area contributed by atoms with E-state index >= 15 is 0 Å². The van der Waals surface area contributed by atoms with Crippen molar-refractivity contribution in [2.24, 2.45) is 0 Å². The standard InChI is InChI=1S/C24H23N3O6/c1-32-24(31)17-7-4-5-8-18(17)26-21(28)14-33-23(30)15-10-11-16-19(13-15)25-20-9-3-2-6-12-27(20)22(16)29/h4-5,7-8,10-11,13H,2-3,6,9,12,14H2,1H3,(H,26,28). The van der Waals surface area contributed by atoms with Gasteiger partial charge < -0.3 is 14.8 Å². The quantitative estimate of drug-likeness (QED) is 0.595. The Labute approximate surface area is 189 Å². The Hall–Kier alpha value is -4.01. The van der Waals surface area contributed by atoms with E-state index < -0.39 is 24.5 Å². The maximum atomic E-state index is 12.8. The second kappa shape index (κ2) is 9.64. The van der Waals surface area contributed by atoms with Crippen molar-refractivity contribution in [2.75, 3.05) is 19.0 Å². The van der Waals surface area contributed by atoms with E-state index in [1.807, 2.05) is 0 Å². The Kier molecular flexibility index (Phi) is 6.48. The molecule has 2 heterocycles. The molecule has 0 fully saturated rings. The van der Waals surface area contributed by atoms with E-state index in [-0.39, 0.29) is 22.4 Å². The summed E-state index contributed by atoms with van der Waals surface area (Å²) in [6, 6.07) is 10.9. The van der Waals surface area contributed by atoms with Gasteiger partial charge in [-0.25, -0.2) is 14.6 Å². The van der Waals surface area contributed by atoms with Gasteiger partial charge >= 0.3 is 11.9 Å². The molecule has 3 aromatic rings. The smallest absolute Gasteiger partial charge is 0.339 e. The number of fused-ring (bicyclic) bond motifs is 2. The van der Waals surface area contributed by atoms with E-state index in [9.17, 15) is 19.2 Å². The molecule has 9 nitrogen and oxygen atoms in total. The number of methoxy groups -OCH3 is 1. The molecule has 0 aliphatic carbocycles. The number of nitrogens with one attached hydrogen (secondary N) is 1. The third-order valence-electron chi connectivity index (χ3n) is 5.49. The van der Waals surface area contributed by atoms with E-state index in [0.29, 0.717) is 23.9 Å². The minimum Gasteiger partial charge on any atom is -0.465 e. The summed E-state index contributed by atoms with van der Waals surface area (Å²) >= 11 is 0. The summed E-state index contributed by atoms with van der Waals surface area (Å²) in [5, 5.41) is 2.98. The van der Waals surface area contributed by atoms with Crippen LogP contribution in [0.3, 0.4) is 0 Å². The molecular formula is C24H23N3O6. The number of aryl methyl sites for hydroxylation is 1. The van der Waals surface area contributed by atoms with E-state index in [1.165, 1.54) is 25.3 Å². The maximum Gasteiger partial charge on any atom is 0.339 e. The lowest BCUT2D eigenvalue weighted by atomic mass is 10.1. The number of anilines is 1. The van der Waals surface area contributed by atoms with Gasteiger partial charge in [0.15, 0.2) is 6.61 Å². The van der Waals surface area contributed by atoms with Gasteiger partial charge in [0.25, 0.3) is 11.5 Å². The van der Waals surface area contributed by atoms with Crippen LogP contribution in [-0.4, -0.2) is 41.1 Å². The summed E-state index contributed by atoms with van der Waals surface area (Å²) in [7, 11) is 1.24. The molecule has 1 aliphatic rings. The second-order valence-corrected chi connectivity index (χ2v) is 7.69. The first-order valence-electron chi connectivity index (χ1n) is 10.7. The second-order valence-electron chi connectivity index (χ2n) is 7.69. The third kappa shape index (κ3) is 4.77. The van der Waals surface area contributed by atoms with Gasteiger partial charge in [0, 0.05) is 13.0 Å². The van der Waals surface area contributed by atoms with Crippen LogP contribution in [0.5, 0.6) is 0 Å². The molecule has 1 aliphatic heterocycles. The molecule has 0 saturated heterocycles. The molecule has 9 heteroatoms. The van der Waals surface area contributed by atoms with Crippen molar-refractivity contribution in [3.8, 4) is 0 Å². The fourth-order valence-corrected chi connectivity index (χ4v) is 3.83. The van der Waals surface area contributed by atoms with Crippen LogP contribution in [0.2, 0.25) is 0 Å². The van der Waals surface area contributed by atoms with Gasteiger partial charge in [-0.15, -0.1) is 0 Å². The highest BCUT2D eigenvalue weighted by Crippen LogP contribution is 2.18. The zero-order chi connectivity index (χ0) is 23.4. The van der Waals surface area contributed by atoms with Crippen molar-refractivity contribution in [1.29, 1.82) is 0 Å². The number of aromatic nitrogens is 2. The summed E-state index contributed by atoms with van der Waals surface area (Å²) in [5.74, 6) is -1.20. The van der Waals surface area contributed by atoms with E-state index in [4.69, 9.17) is 9.47 Å². The van der Waals surface area contributed by atoms with Gasteiger partial charge in [0.05, 0.1) is 34.8 Å². The molecule has 0 atom stereocenters. The molecule has 1 aromatic heterocycles. The molecule has 0 spiro atoms. The number of carbonyl (C=O) groups is 3. The van der Waals surface area contributed by atoms with Crippen LogP contribution < -0.4 is 10.9 Å². The molecule has 170 valence electrons. The zero-order valence-electron chi connectivity index (χ0n) is 18.1. The Balaban J connectivity index is 1.47. The first-order valence-corrected chi connectivity index (χ1v) is 10.7. The topological polar surface area (TPSA) is 117 Å². The monoisotopic (exact) mass is 449 g/mol. The number of nitrogens with zero attached hydrogens (tertiary/aromatic N) is 2. The van der Waals surface area contributed by atoms with Gasteiger partial charge in [0.2, 0.25) is 0 Å². The average Bonchev–Trinajstić information content (AvgIpc) is 3.08. The van der Waals surface area contributed by atoms with Gasteiger partial charge in [-0.2, -0.15) is 0 Å². The predicted octanol–water partition coefficient (Wildman–Crippen LogP) is 2.71. The highest BCUT2D eigenvalue weighted by molar-refractivity contribution is 6.02. The number of hydrogen-bond donors (Lipinski definition) is 1. The summed E-state index contributed by atoms with van der Waals surface area (Å²) in [6.45, 7) is 0.0990. The van der Waals surface area contributed by atoms with Gasteiger partial charge in [-0.3, -0.25) is 14.2 Å². The SMILES string of the molecule is COC(=O)c1ccccc1NC(=O)COC(=O)c1ccc2c(=O)n3c(nc2c1)CCCCC3. The van der Waals surface area contributed by atoms with E-state index in [2.05, 4.69) is 10.3 Å². The first-order chi connectivity index (χ1) is 16.0. The molecule has 0 bridgehead atoms. The van der Waals surface area contributed by atoms with E-state index in [0.717, 1.165) is 25.1 Å². The lowest BCUT2D eigenvalue weighted by Gasteiger charge is -2.11. The predicted molar refractivity (Wildman–Crippen MR) is 120 cm³/mol. The van der Waals surface area contributed by atoms with Crippen molar-refractivity contribution in [3.05, 3.63) is 69.8 Å². The largest absolute Gasteiger partial charge is 0.465 e. The van der Waals surface area contributed by atoms with Crippen LogP contribution in [0.15, 0.2) is 47.3 Å². The van der Waals surface area contributed by atoms with Crippen LogP contribution in [-0.2, 0) is 27.2 Å². The van der Waals surface area contributed by atoms with Crippen molar-refractivity contribution >= 4 is 34.4 Å². The molecule has 4 rings (SSSR count). The number of esters is 2. The first kappa shape index (κ1) is 22.2. The van der Waals surface area contributed by atoms with Crippen molar-refractivity contribution in [1.82, 2.24) is 9.55 Å². The number of amides is 1. The molecule has 2 aromatic carbocycles. The van der Waals surface area contributed by atoms with Crippen molar-refractivity contribution in [3.63, 3.8) is 0 Å². The molecule has 0 saturated carbocycles. The highest BCUT2D eigenvalue weighted by Gasteiger charge is 2.18. The Morgan fingerprint density at radius 1 is 1.06 bits per heavy atom. The third-order valence-corrected chi connectivity index (χ3v) is 5.49. The summed E-state index contributed by atoms with van der Waals surface area (Å²) in [5.41, 5.74) is 0.947. The number of ether oxygens (including phenoxy) is 2. The van der Waals surface area contributed by atoms with E-state index in [1.54, 1.807) is 28.8 Å². The van der Waals surface area contributed by atoms with Gasteiger partial charge in [-0.05, 0) is 43.2 Å². The number of para-hydroxylation sites is 1. The van der Waals surface area contributed by atoms with Crippen molar-refractivity contribution < 1.29 is 23.9 Å². The fourth-order valence-electron chi connectivity index (χ4n) is 3.83. The normalized spacial score (nSPS) is 13.0. The van der Waals surface area contributed by atoms with Crippen LogP contribution in [0.4, 0.5) is 5.69 Å². The number of carbonyl (C=O) groups excluding carboxylic acids is 3. The molecule has 0 unspecified atom stereocenters. The molecular weight excluding hydrogens is 426 g/mol. The van der Waals surface area contributed by atoms with Crippen LogP contribution in [0.25, 0.3) is 10.9 Å². The Morgan fingerprint density at radius 3 is 2.70 bits per heavy atom. The van der Waals surface area contributed by atoms with Crippen LogP contribution in [0.1, 0.15) is 45.8 Å². The summed E-state index contributed by atoms with van der Waals surface area (Å²) < 4.78 is 11.5. The minimum atomic E-state index is -0.717. The lowest BCUT2D eigenvalue weighted by Crippen LogP contribution is -2.25. The minimum absolute atomic E-state index is 0.111. The zero-order valence-corrected chi connectivity index (χ0v) is 18.1. The van der Waals surface area contributed by atoms with Gasteiger partial charge in [-0.1, -0.05) is 18.6 Å². The Morgan fingerprint density at radius 2 is 1.88 bits per heavy atom. The summed E-state index contributed by atoms with van der Waals surface area (Å²) in [6.07, 6.45) is 3.67. The fraction of sp³-hybridized carbons (Fsp3) is 0.292. The number of rotatable bonds is 5. The molecule has 33 heavy (non-hydrogen) atoms. The highest BCUT2D eigenvalue weighted by atomic mass is 16.5. The van der Waals surface area contributed by atoms with Crippen molar-refractivity contribution in [2.45, 2.75) is 32.2 Å². The lowest BCUT2D eigenvalue weighted by molar-refractivity contribution is -0.119. The average molecular weight is 449 g/mol. The number of hydrogen-bond acceptors (Lipinski definition) is 7.